The molecule has 3 heteroatoms. The summed E-state index contributed by atoms with van der Waals surface area (Å²) in [5.74, 6) is -0.676. The third-order valence-corrected chi connectivity index (χ3v) is 4.93. The molecule has 1 aliphatic heterocycles. The van der Waals surface area contributed by atoms with E-state index in [4.69, 9.17) is 5.11 Å². The first-order valence-corrected chi connectivity index (χ1v) is 7.72. The molecule has 0 bridgehead atoms. The highest BCUT2D eigenvalue weighted by molar-refractivity contribution is 5.66. The fourth-order valence-electron chi connectivity index (χ4n) is 3.79. The highest BCUT2D eigenvalue weighted by Crippen LogP contribution is 2.48. The molecule has 1 aromatic rings. The number of hydrogen-bond acceptors (Lipinski definition) is 2. The second-order valence-electron chi connectivity index (χ2n) is 6.35. The molecule has 0 atom stereocenters. The Kier molecular flexibility index (Phi) is 3.79. The van der Waals surface area contributed by atoms with Gasteiger partial charge in [-0.15, -0.1) is 0 Å². The lowest BCUT2D eigenvalue weighted by Crippen LogP contribution is -2.49. The van der Waals surface area contributed by atoms with E-state index >= 15 is 0 Å². The largest absolute Gasteiger partial charge is 0.481 e. The number of aliphatic carboxylic acids is 1. The van der Waals surface area contributed by atoms with Gasteiger partial charge in [0.2, 0.25) is 0 Å². The van der Waals surface area contributed by atoms with Gasteiger partial charge in [-0.2, -0.15) is 0 Å². The molecule has 1 heterocycles. The van der Waals surface area contributed by atoms with Crippen LogP contribution < -0.4 is 0 Å². The minimum Gasteiger partial charge on any atom is -0.481 e. The summed E-state index contributed by atoms with van der Waals surface area (Å²) in [4.78, 5) is 13.1. The van der Waals surface area contributed by atoms with Gasteiger partial charge in [0.15, 0.2) is 0 Å². The zero-order valence-corrected chi connectivity index (χ0v) is 12.0. The molecule has 1 aliphatic carbocycles. The van der Waals surface area contributed by atoms with Crippen LogP contribution in [0.3, 0.4) is 0 Å². The van der Waals surface area contributed by atoms with Gasteiger partial charge in [0.25, 0.3) is 0 Å². The molecule has 0 radical (unpaired) electrons. The maximum Gasteiger partial charge on any atom is 0.303 e. The van der Waals surface area contributed by atoms with E-state index in [1.165, 1.54) is 24.8 Å². The van der Waals surface area contributed by atoms with Crippen LogP contribution in [0.15, 0.2) is 24.3 Å². The third kappa shape index (κ3) is 2.59. The summed E-state index contributed by atoms with van der Waals surface area (Å²) in [6.45, 7) is 3.23. The summed E-state index contributed by atoms with van der Waals surface area (Å²) in [7, 11) is 0. The smallest absolute Gasteiger partial charge is 0.303 e. The van der Waals surface area contributed by atoms with Gasteiger partial charge in [-0.05, 0) is 43.4 Å². The molecule has 0 aromatic heterocycles. The van der Waals surface area contributed by atoms with Gasteiger partial charge in [0.05, 0.1) is 0 Å². The number of carbonyl (C=O) groups is 1. The molecule has 0 amide bonds. The number of nitrogens with zero attached hydrogens (tertiary/aromatic N) is 1. The first kappa shape index (κ1) is 13.6. The number of carboxylic acid groups (broad SMARTS) is 1. The Morgan fingerprint density at radius 1 is 1.25 bits per heavy atom. The predicted octanol–water partition coefficient (Wildman–Crippen LogP) is 3.18. The monoisotopic (exact) mass is 273 g/mol. The highest BCUT2D eigenvalue weighted by Gasteiger charge is 2.43. The second-order valence-corrected chi connectivity index (χ2v) is 6.35. The molecule has 1 spiro atoms. The van der Waals surface area contributed by atoms with Crippen LogP contribution in [0, 0.1) is 0 Å². The van der Waals surface area contributed by atoms with Crippen molar-refractivity contribution in [1.29, 1.82) is 0 Å². The fourth-order valence-corrected chi connectivity index (χ4v) is 3.79. The van der Waals surface area contributed by atoms with Gasteiger partial charge in [-0.1, -0.05) is 30.7 Å². The van der Waals surface area contributed by atoms with Crippen LogP contribution in [0.4, 0.5) is 0 Å². The van der Waals surface area contributed by atoms with E-state index in [2.05, 4.69) is 29.2 Å². The molecule has 0 unspecified atom stereocenters. The Morgan fingerprint density at radius 2 is 2.05 bits per heavy atom. The van der Waals surface area contributed by atoms with Crippen molar-refractivity contribution in [1.82, 2.24) is 4.90 Å². The number of fused-ring (bicyclic) bond motifs is 2. The second kappa shape index (κ2) is 5.57. The van der Waals surface area contributed by atoms with Crippen LogP contribution in [-0.4, -0.2) is 29.1 Å². The molecule has 1 N–H and O–H groups in total. The van der Waals surface area contributed by atoms with E-state index < -0.39 is 5.97 Å². The molecule has 0 saturated heterocycles. The SMILES string of the molecule is O=C(O)CCCCN1Cc2ccccc2C2(CCC2)C1. The van der Waals surface area contributed by atoms with Gasteiger partial charge in [0.1, 0.15) is 0 Å². The summed E-state index contributed by atoms with van der Waals surface area (Å²) in [6, 6.07) is 8.88. The van der Waals surface area contributed by atoms with E-state index in [1.54, 1.807) is 5.56 Å². The van der Waals surface area contributed by atoms with Crippen LogP contribution in [-0.2, 0) is 16.8 Å². The molecule has 1 aromatic carbocycles. The number of rotatable bonds is 5. The van der Waals surface area contributed by atoms with E-state index in [-0.39, 0.29) is 0 Å². The molecular weight excluding hydrogens is 250 g/mol. The minimum absolute atomic E-state index is 0.301. The van der Waals surface area contributed by atoms with Crippen molar-refractivity contribution in [2.24, 2.45) is 0 Å². The van der Waals surface area contributed by atoms with Gasteiger partial charge >= 0.3 is 5.97 Å². The number of unbranched alkanes of at least 4 members (excludes halogenated alkanes) is 1. The molecule has 2 aliphatic rings. The summed E-state index contributed by atoms with van der Waals surface area (Å²) < 4.78 is 0. The highest BCUT2D eigenvalue weighted by atomic mass is 16.4. The average molecular weight is 273 g/mol. The Hall–Kier alpha value is -1.35. The third-order valence-electron chi connectivity index (χ3n) is 4.93. The number of benzene rings is 1. The summed E-state index contributed by atoms with van der Waals surface area (Å²) in [5.41, 5.74) is 3.46. The zero-order chi connectivity index (χ0) is 14.0. The van der Waals surface area contributed by atoms with Crippen LogP contribution in [0.1, 0.15) is 49.7 Å². The number of hydrogen-bond donors (Lipinski definition) is 1. The number of carboxylic acids is 1. The van der Waals surface area contributed by atoms with Crippen molar-refractivity contribution in [2.45, 2.75) is 50.5 Å². The first-order chi connectivity index (χ1) is 9.70. The van der Waals surface area contributed by atoms with E-state index in [1.807, 2.05) is 0 Å². The lowest BCUT2D eigenvalue weighted by Gasteiger charge is -2.50. The van der Waals surface area contributed by atoms with Crippen LogP contribution in [0.5, 0.6) is 0 Å². The average Bonchev–Trinajstić information content (AvgIpc) is 2.40. The van der Waals surface area contributed by atoms with Crippen molar-refractivity contribution in [3.05, 3.63) is 35.4 Å². The van der Waals surface area contributed by atoms with E-state index in [0.29, 0.717) is 11.8 Å². The summed E-state index contributed by atoms with van der Waals surface area (Å²) in [5, 5.41) is 8.70. The van der Waals surface area contributed by atoms with Gasteiger partial charge in [-0.25, -0.2) is 0 Å². The van der Waals surface area contributed by atoms with Gasteiger partial charge in [0, 0.05) is 24.9 Å². The molecule has 3 nitrogen and oxygen atoms in total. The molecule has 20 heavy (non-hydrogen) atoms. The van der Waals surface area contributed by atoms with Crippen LogP contribution >= 0.6 is 0 Å². The lowest BCUT2D eigenvalue weighted by molar-refractivity contribution is -0.137. The quantitative estimate of drug-likeness (QED) is 0.838. The van der Waals surface area contributed by atoms with Crippen molar-refractivity contribution < 1.29 is 9.90 Å². The van der Waals surface area contributed by atoms with Crippen LogP contribution in [0.25, 0.3) is 0 Å². The Bertz CT molecular complexity index is 494. The predicted molar refractivity (Wildman–Crippen MR) is 78.7 cm³/mol. The van der Waals surface area contributed by atoms with Crippen molar-refractivity contribution in [3.63, 3.8) is 0 Å². The Balaban J connectivity index is 1.64. The fraction of sp³-hybridized carbons (Fsp3) is 0.588. The standard InChI is InChI=1S/C17H23NO2/c19-16(20)8-3-4-11-18-12-14-6-1-2-7-15(14)17(13-18)9-5-10-17/h1-2,6-7H,3-5,8-13H2,(H,19,20). The molecule has 1 fully saturated rings. The zero-order valence-electron chi connectivity index (χ0n) is 12.0. The first-order valence-electron chi connectivity index (χ1n) is 7.72. The normalized spacial score (nSPS) is 20.4. The van der Waals surface area contributed by atoms with Crippen LogP contribution in [0.2, 0.25) is 0 Å². The lowest BCUT2D eigenvalue weighted by atomic mass is 9.61. The molecule has 108 valence electrons. The maximum atomic E-state index is 10.6. The minimum atomic E-state index is -0.676. The summed E-state index contributed by atoms with van der Waals surface area (Å²) in [6.07, 6.45) is 6.06. The van der Waals surface area contributed by atoms with E-state index in [0.717, 1.165) is 32.5 Å². The topological polar surface area (TPSA) is 40.5 Å². The molecule has 3 rings (SSSR count). The van der Waals surface area contributed by atoms with E-state index in [9.17, 15) is 4.79 Å². The Labute approximate surface area is 120 Å². The molecule has 1 saturated carbocycles. The molecular formula is C17H23NO2. The maximum absolute atomic E-state index is 10.6. The van der Waals surface area contributed by atoms with Gasteiger partial charge < -0.3 is 5.11 Å². The Morgan fingerprint density at radius 3 is 2.75 bits per heavy atom. The van der Waals surface area contributed by atoms with Gasteiger partial charge in [-0.3, -0.25) is 9.69 Å². The van der Waals surface area contributed by atoms with Crippen molar-refractivity contribution >= 4 is 5.97 Å². The van der Waals surface area contributed by atoms with Crippen molar-refractivity contribution in [3.8, 4) is 0 Å². The summed E-state index contributed by atoms with van der Waals surface area (Å²) >= 11 is 0. The van der Waals surface area contributed by atoms with Crippen molar-refractivity contribution in [2.75, 3.05) is 13.1 Å².